The van der Waals surface area contributed by atoms with Crippen LogP contribution in [0.3, 0.4) is 0 Å². The van der Waals surface area contributed by atoms with Crippen molar-refractivity contribution in [2.75, 3.05) is 31.2 Å². The second-order valence-electron chi connectivity index (χ2n) is 8.30. The van der Waals surface area contributed by atoms with Crippen molar-refractivity contribution < 1.29 is 27.8 Å². The number of morpholine rings is 1. The molecule has 0 atom stereocenters. The zero-order valence-corrected chi connectivity index (χ0v) is 20.1. The third-order valence-electron chi connectivity index (χ3n) is 6.03. The molecule has 2 aromatic carbocycles. The molecule has 186 valence electrons. The zero-order chi connectivity index (χ0) is 25.0. The Morgan fingerprint density at radius 2 is 1.97 bits per heavy atom. The van der Waals surface area contributed by atoms with Gasteiger partial charge in [0.1, 0.15) is 5.01 Å². The van der Waals surface area contributed by atoms with Gasteiger partial charge in [0, 0.05) is 36.3 Å². The van der Waals surface area contributed by atoms with E-state index in [0.717, 1.165) is 34.3 Å². The number of aromatic nitrogens is 2. The molecule has 6 nitrogen and oxygen atoms in total. The fourth-order valence-corrected chi connectivity index (χ4v) is 5.02. The summed E-state index contributed by atoms with van der Waals surface area (Å²) in [7, 11) is 0. The molecule has 2 heterocycles. The van der Waals surface area contributed by atoms with Gasteiger partial charge in [-0.1, -0.05) is 25.1 Å². The Morgan fingerprint density at radius 3 is 2.66 bits per heavy atom. The Hall–Kier alpha value is -2.98. The number of ether oxygens (including phenoxy) is 1. The van der Waals surface area contributed by atoms with Crippen molar-refractivity contribution in [2.24, 2.45) is 0 Å². The second kappa shape index (κ2) is 10.7. The minimum absolute atomic E-state index is 0.0917. The molecule has 0 bridgehead atoms. The summed E-state index contributed by atoms with van der Waals surface area (Å²) < 4.78 is 51.5. The van der Waals surface area contributed by atoms with E-state index in [2.05, 4.69) is 9.36 Å². The van der Waals surface area contributed by atoms with Crippen LogP contribution in [0, 0.1) is 0 Å². The predicted octanol–water partition coefficient (Wildman–Crippen LogP) is 5.70. The Kier molecular flexibility index (Phi) is 7.71. The van der Waals surface area contributed by atoms with Crippen LogP contribution in [0.2, 0.25) is 0 Å². The van der Waals surface area contributed by atoms with Gasteiger partial charge in [-0.25, -0.2) is 4.98 Å². The Balaban J connectivity index is 1.65. The van der Waals surface area contributed by atoms with Gasteiger partial charge in [0.05, 0.1) is 18.8 Å². The van der Waals surface area contributed by atoms with E-state index in [-0.39, 0.29) is 12.1 Å². The monoisotopic (exact) mass is 505 g/mol. The highest BCUT2D eigenvalue weighted by atomic mass is 32.1. The summed E-state index contributed by atoms with van der Waals surface area (Å²) in [6.07, 6.45) is -2.56. The quantitative estimate of drug-likeness (QED) is 0.424. The van der Waals surface area contributed by atoms with E-state index in [4.69, 9.17) is 9.84 Å². The molecule has 3 aromatic rings. The van der Waals surface area contributed by atoms with Gasteiger partial charge in [0.15, 0.2) is 5.82 Å². The molecule has 0 radical (unpaired) electrons. The maximum Gasteiger partial charge on any atom is 0.418 e. The van der Waals surface area contributed by atoms with E-state index in [9.17, 15) is 18.0 Å². The van der Waals surface area contributed by atoms with Gasteiger partial charge < -0.3 is 14.7 Å². The normalized spacial score (nSPS) is 14.3. The summed E-state index contributed by atoms with van der Waals surface area (Å²) in [6.45, 7) is 3.62. The van der Waals surface area contributed by atoms with Crippen LogP contribution in [0.4, 0.5) is 18.9 Å². The van der Waals surface area contributed by atoms with Crippen LogP contribution in [0.15, 0.2) is 36.4 Å². The molecule has 1 aliphatic heterocycles. The minimum Gasteiger partial charge on any atom is -0.481 e. The minimum atomic E-state index is -4.50. The average Bonchev–Trinajstić information content (AvgIpc) is 3.33. The summed E-state index contributed by atoms with van der Waals surface area (Å²) in [4.78, 5) is 17.2. The van der Waals surface area contributed by atoms with Gasteiger partial charge in [0.25, 0.3) is 0 Å². The van der Waals surface area contributed by atoms with Gasteiger partial charge in [-0.05, 0) is 60.1 Å². The summed E-state index contributed by atoms with van der Waals surface area (Å²) in [5.74, 6) is -0.365. The van der Waals surface area contributed by atoms with Crippen molar-refractivity contribution in [1.29, 1.82) is 0 Å². The summed E-state index contributed by atoms with van der Waals surface area (Å²) in [6, 6.07) is 10.1. The number of aliphatic carboxylic acids is 1. The number of alkyl halides is 3. The third kappa shape index (κ3) is 5.82. The zero-order valence-electron chi connectivity index (χ0n) is 19.3. The first-order valence-electron chi connectivity index (χ1n) is 11.5. The lowest BCUT2D eigenvalue weighted by Crippen LogP contribution is -2.37. The summed E-state index contributed by atoms with van der Waals surface area (Å²) in [5, 5.41) is 9.34. The number of carbonyl (C=O) groups is 1. The maximum atomic E-state index is 13.9. The van der Waals surface area contributed by atoms with Crippen LogP contribution in [0.5, 0.6) is 0 Å². The van der Waals surface area contributed by atoms with E-state index in [1.165, 1.54) is 6.07 Å². The highest BCUT2D eigenvalue weighted by Crippen LogP contribution is 2.40. The largest absolute Gasteiger partial charge is 0.481 e. The number of halogens is 3. The molecular weight excluding hydrogens is 479 g/mol. The van der Waals surface area contributed by atoms with E-state index < -0.39 is 17.7 Å². The molecule has 35 heavy (non-hydrogen) atoms. The van der Waals surface area contributed by atoms with Gasteiger partial charge in [0.2, 0.25) is 0 Å². The Bertz CT molecular complexity index is 1190. The van der Waals surface area contributed by atoms with E-state index in [0.29, 0.717) is 62.0 Å². The van der Waals surface area contributed by atoms with Gasteiger partial charge in [-0.15, -0.1) is 0 Å². The first kappa shape index (κ1) is 25.1. The molecular formula is C25H26F3N3O3S. The third-order valence-corrected chi connectivity index (χ3v) is 6.80. The van der Waals surface area contributed by atoms with Crippen LogP contribution in [0.1, 0.15) is 36.5 Å². The maximum absolute atomic E-state index is 13.9. The number of aryl methyl sites for hydroxylation is 1. The molecule has 1 aromatic heterocycles. The first-order chi connectivity index (χ1) is 16.8. The second-order valence-corrected chi connectivity index (χ2v) is 9.05. The summed E-state index contributed by atoms with van der Waals surface area (Å²) in [5.41, 5.74) is 2.72. The molecule has 0 aliphatic carbocycles. The standard InChI is InChI=1S/C25H26F3N3O3S/c1-2-18-16(6-4-8-22(32)33)5-3-7-19(18)23-29-24(35-30-23)17-9-10-21(20(15-17)25(26,27)28)31-11-13-34-14-12-31/h3,5,7,9-10,15H,2,4,6,8,11-14H2,1H3,(H,32,33). The molecule has 0 unspecified atom stereocenters. The van der Waals surface area contributed by atoms with E-state index in [1.807, 2.05) is 25.1 Å². The van der Waals surface area contributed by atoms with Gasteiger partial charge in [-0.3, -0.25) is 4.79 Å². The molecule has 0 saturated carbocycles. The predicted molar refractivity (Wildman–Crippen MR) is 129 cm³/mol. The number of carboxylic acids is 1. The van der Waals surface area contributed by atoms with Crippen LogP contribution in [0.25, 0.3) is 22.0 Å². The van der Waals surface area contributed by atoms with E-state index in [1.54, 1.807) is 11.0 Å². The molecule has 0 amide bonds. The van der Waals surface area contributed by atoms with Crippen molar-refractivity contribution in [2.45, 2.75) is 38.8 Å². The lowest BCUT2D eigenvalue weighted by Gasteiger charge is -2.31. The number of rotatable bonds is 8. The van der Waals surface area contributed by atoms with Crippen molar-refractivity contribution in [3.8, 4) is 22.0 Å². The molecule has 1 fully saturated rings. The van der Waals surface area contributed by atoms with Crippen molar-refractivity contribution >= 4 is 23.2 Å². The smallest absolute Gasteiger partial charge is 0.418 e. The lowest BCUT2D eigenvalue weighted by molar-refractivity contribution is -0.138. The Morgan fingerprint density at radius 1 is 1.20 bits per heavy atom. The van der Waals surface area contributed by atoms with Crippen LogP contribution in [-0.2, 0) is 28.5 Å². The van der Waals surface area contributed by atoms with Crippen LogP contribution in [-0.4, -0.2) is 46.7 Å². The van der Waals surface area contributed by atoms with Crippen LogP contribution >= 0.6 is 11.5 Å². The molecule has 1 N–H and O–H groups in total. The van der Waals surface area contributed by atoms with Crippen molar-refractivity contribution in [3.63, 3.8) is 0 Å². The lowest BCUT2D eigenvalue weighted by atomic mass is 9.95. The number of benzene rings is 2. The van der Waals surface area contributed by atoms with Crippen molar-refractivity contribution in [1.82, 2.24) is 9.36 Å². The molecule has 1 aliphatic rings. The summed E-state index contributed by atoms with van der Waals surface area (Å²) >= 11 is 1.07. The van der Waals surface area contributed by atoms with Gasteiger partial charge in [-0.2, -0.15) is 17.5 Å². The number of carboxylic acid groups (broad SMARTS) is 1. The molecule has 0 spiro atoms. The van der Waals surface area contributed by atoms with E-state index >= 15 is 0 Å². The highest BCUT2D eigenvalue weighted by molar-refractivity contribution is 7.09. The number of hydrogen-bond acceptors (Lipinski definition) is 6. The topological polar surface area (TPSA) is 75.5 Å². The fraction of sp³-hybridized carbons (Fsp3) is 0.400. The number of hydrogen-bond donors (Lipinski definition) is 1. The van der Waals surface area contributed by atoms with Crippen LogP contribution < -0.4 is 4.90 Å². The fourth-order valence-electron chi connectivity index (χ4n) is 4.35. The highest BCUT2D eigenvalue weighted by Gasteiger charge is 2.36. The Labute approximate surface area is 205 Å². The molecule has 1 saturated heterocycles. The molecule has 10 heteroatoms. The number of nitrogens with zero attached hydrogens (tertiary/aromatic N) is 3. The first-order valence-corrected chi connectivity index (χ1v) is 12.3. The van der Waals surface area contributed by atoms with Gasteiger partial charge >= 0.3 is 12.1 Å². The number of anilines is 1. The SMILES string of the molecule is CCc1c(CCCC(=O)O)cccc1-c1nsc(-c2ccc(N3CCOCC3)c(C(F)(F)F)c2)n1. The average molecular weight is 506 g/mol. The van der Waals surface area contributed by atoms with Crippen molar-refractivity contribution in [3.05, 3.63) is 53.1 Å². The molecule has 4 rings (SSSR count).